The van der Waals surface area contributed by atoms with Crippen LogP contribution in [-0.4, -0.2) is 46.9 Å². The molecule has 19 heavy (non-hydrogen) atoms. The molecule has 0 aromatic carbocycles. The standard InChI is InChI=1S/C11H11ClN2O5/c12-9-6(1-4-19-9)11(18)14-3-2-13-10(17)7(14)5-8(15)16/h1,4,7H,2-3,5H2,(H,13,17)(H,15,16). The molecule has 1 aliphatic rings. The third-order valence-corrected chi connectivity index (χ3v) is 3.10. The van der Waals surface area contributed by atoms with Crippen molar-refractivity contribution in [1.82, 2.24) is 10.2 Å². The first-order valence-corrected chi connectivity index (χ1v) is 5.92. The maximum Gasteiger partial charge on any atom is 0.305 e. The van der Waals surface area contributed by atoms with Crippen LogP contribution in [0.4, 0.5) is 0 Å². The molecule has 0 saturated carbocycles. The Morgan fingerprint density at radius 1 is 1.58 bits per heavy atom. The van der Waals surface area contributed by atoms with Crippen LogP contribution in [0.15, 0.2) is 16.7 Å². The summed E-state index contributed by atoms with van der Waals surface area (Å²) in [5.41, 5.74) is 0.117. The Hall–Kier alpha value is -2.02. The Bertz CT molecular complexity index is 527. The van der Waals surface area contributed by atoms with Gasteiger partial charge in [-0.15, -0.1) is 0 Å². The van der Waals surface area contributed by atoms with E-state index in [-0.39, 0.29) is 23.9 Å². The normalized spacial score (nSPS) is 19.1. The van der Waals surface area contributed by atoms with E-state index < -0.39 is 30.2 Å². The predicted octanol–water partition coefficient (Wildman–Crippen LogP) is 0.348. The Morgan fingerprint density at radius 3 is 2.89 bits per heavy atom. The van der Waals surface area contributed by atoms with Gasteiger partial charge in [0.15, 0.2) is 0 Å². The second kappa shape index (κ2) is 5.31. The van der Waals surface area contributed by atoms with Crippen molar-refractivity contribution in [2.75, 3.05) is 13.1 Å². The minimum absolute atomic E-state index is 0.0787. The Kier molecular flexibility index (Phi) is 3.75. The SMILES string of the molecule is O=C(O)CC1C(=O)NCCN1C(=O)c1ccoc1Cl. The molecule has 2 N–H and O–H groups in total. The number of halogens is 1. The quantitative estimate of drug-likeness (QED) is 0.835. The molecule has 0 bridgehead atoms. The van der Waals surface area contributed by atoms with Crippen LogP contribution in [0.3, 0.4) is 0 Å². The first-order valence-electron chi connectivity index (χ1n) is 5.54. The summed E-state index contributed by atoms with van der Waals surface area (Å²) in [5.74, 6) is -2.15. The van der Waals surface area contributed by atoms with E-state index in [9.17, 15) is 14.4 Å². The number of hydrogen-bond donors (Lipinski definition) is 2. The molecular formula is C11H11ClN2O5. The van der Waals surface area contributed by atoms with Crippen molar-refractivity contribution in [3.8, 4) is 0 Å². The lowest BCUT2D eigenvalue weighted by Gasteiger charge is -2.34. The van der Waals surface area contributed by atoms with Crippen molar-refractivity contribution in [1.29, 1.82) is 0 Å². The number of hydrogen-bond acceptors (Lipinski definition) is 4. The molecule has 0 radical (unpaired) electrons. The number of aliphatic carboxylic acids is 1. The second-order valence-corrected chi connectivity index (χ2v) is 4.35. The first-order chi connectivity index (χ1) is 9.00. The highest BCUT2D eigenvalue weighted by molar-refractivity contribution is 6.32. The van der Waals surface area contributed by atoms with E-state index in [0.717, 1.165) is 0 Å². The fourth-order valence-electron chi connectivity index (χ4n) is 1.93. The molecule has 102 valence electrons. The van der Waals surface area contributed by atoms with Crippen LogP contribution >= 0.6 is 11.6 Å². The van der Waals surface area contributed by atoms with Crippen LogP contribution in [0.1, 0.15) is 16.8 Å². The van der Waals surface area contributed by atoms with Crippen molar-refractivity contribution in [3.05, 3.63) is 23.1 Å². The van der Waals surface area contributed by atoms with Gasteiger partial charge in [0, 0.05) is 13.1 Å². The van der Waals surface area contributed by atoms with E-state index in [1.807, 2.05) is 0 Å². The molecule has 0 aliphatic carbocycles. The Labute approximate surface area is 113 Å². The Balaban J connectivity index is 2.25. The number of rotatable bonds is 3. The molecule has 1 aromatic heterocycles. The van der Waals surface area contributed by atoms with Gasteiger partial charge in [0.2, 0.25) is 11.1 Å². The van der Waals surface area contributed by atoms with Crippen molar-refractivity contribution < 1.29 is 23.9 Å². The largest absolute Gasteiger partial charge is 0.481 e. The predicted molar refractivity (Wildman–Crippen MR) is 63.8 cm³/mol. The number of carbonyl (C=O) groups is 3. The zero-order valence-electron chi connectivity index (χ0n) is 9.76. The number of nitrogens with zero attached hydrogens (tertiary/aromatic N) is 1. The van der Waals surface area contributed by atoms with Gasteiger partial charge in [0.1, 0.15) is 6.04 Å². The van der Waals surface area contributed by atoms with Crippen molar-refractivity contribution in [3.63, 3.8) is 0 Å². The van der Waals surface area contributed by atoms with Gasteiger partial charge < -0.3 is 19.7 Å². The van der Waals surface area contributed by atoms with Gasteiger partial charge in [0.25, 0.3) is 5.91 Å². The van der Waals surface area contributed by atoms with Crippen molar-refractivity contribution in [2.24, 2.45) is 0 Å². The van der Waals surface area contributed by atoms with Crippen LogP contribution in [0, 0.1) is 0 Å². The lowest BCUT2D eigenvalue weighted by Crippen LogP contribution is -2.57. The summed E-state index contributed by atoms with van der Waals surface area (Å²) in [7, 11) is 0. The van der Waals surface area contributed by atoms with Crippen molar-refractivity contribution in [2.45, 2.75) is 12.5 Å². The summed E-state index contributed by atoms with van der Waals surface area (Å²) in [5, 5.41) is 11.3. The average molecular weight is 287 g/mol. The fourth-order valence-corrected chi connectivity index (χ4v) is 2.12. The third-order valence-electron chi connectivity index (χ3n) is 2.81. The van der Waals surface area contributed by atoms with Gasteiger partial charge in [-0.2, -0.15) is 0 Å². The summed E-state index contributed by atoms with van der Waals surface area (Å²) < 4.78 is 4.82. The molecule has 1 aliphatic heterocycles. The summed E-state index contributed by atoms with van der Waals surface area (Å²) >= 11 is 5.71. The molecular weight excluding hydrogens is 276 g/mol. The van der Waals surface area contributed by atoms with Gasteiger partial charge in [0.05, 0.1) is 18.2 Å². The van der Waals surface area contributed by atoms with Crippen LogP contribution in [-0.2, 0) is 9.59 Å². The van der Waals surface area contributed by atoms with E-state index in [4.69, 9.17) is 21.1 Å². The molecule has 7 nitrogen and oxygen atoms in total. The molecule has 2 heterocycles. The van der Waals surface area contributed by atoms with Crippen LogP contribution in [0.5, 0.6) is 0 Å². The highest BCUT2D eigenvalue weighted by atomic mass is 35.5. The fraction of sp³-hybridized carbons (Fsp3) is 0.364. The van der Waals surface area contributed by atoms with E-state index in [1.54, 1.807) is 0 Å². The highest BCUT2D eigenvalue weighted by Crippen LogP contribution is 2.21. The molecule has 1 fully saturated rings. The second-order valence-electron chi connectivity index (χ2n) is 4.01. The zero-order valence-corrected chi connectivity index (χ0v) is 10.5. The summed E-state index contributed by atoms with van der Waals surface area (Å²) in [6, 6.07) is 0.347. The maximum atomic E-state index is 12.2. The molecule has 8 heteroatoms. The number of amides is 2. The van der Waals surface area contributed by atoms with Gasteiger partial charge in [-0.3, -0.25) is 14.4 Å². The number of nitrogens with one attached hydrogen (secondary N) is 1. The molecule has 1 atom stereocenters. The van der Waals surface area contributed by atoms with Gasteiger partial charge in [-0.05, 0) is 17.7 Å². The number of carboxylic acid groups (broad SMARTS) is 1. The molecule has 1 unspecified atom stereocenters. The first kappa shape index (κ1) is 13.4. The topological polar surface area (TPSA) is 99.8 Å². The number of carboxylic acids is 1. The number of piperazine rings is 1. The van der Waals surface area contributed by atoms with Gasteiger partial charge in [-0.1, -0.05) is 0 Å². The van der Waals surface area contributed by atoms with E-state index in [0.29, 0.717) is 0 Å². The van der Waals surface area contributed by atoms with Gasteiger partial charge >= 0.3 is 5.97 Å². The summed E-state index contributed by atoms with van der Waals surface area (Å²) in [6.07, 6.45) is 0.804. The van der Waals surface area contributed by atoms with E-state index >= 15 is 0 Å². The van der Waals surface area contributed by atoms with Crippen LogP contribution in [0.25, 0.3) is 0 Å². The van der Waals surface area contributed by atoms with E-state index in [2.05, 4.69) is 5.32 Å². The number of furan rings is 1. The summed E-state index contributed by atoms with van der Waals surface area (Å²) in [4.78, 5) is 35.9. The summed E-state index contributed by atoms with van der Waals surface area (Å²) in [6.45, 7) is 0.500. The monoisotopic (exact) mass is 286 g/mol. The van der Waals surface area contributed by atoms with Crippen LogP contribution < -0.4 is 5.32 Å². The highest BCUT2D eigenvalue weighted by Gasteiger charge is 2.36. The molecule has 2 amide bonds. The molecule has 2 rings (SSSR count). The minimum Gasteiger partial charge on any atom is -0.481 e. The minimum atomic E-state index is -1.15. The molecule has 1 saturated heterocycles. The lowest BCUT2D eigenvalue weighted by atomic mass is 10.1. The lowest BCUT2D eigenvalue weighted by molar-refractivity contribution is -0.142. The molecule has 0 spiro atoms. The Morgan fingerprint density at radius 2 is 2.32 bits per heavy atom. The van der Waals surface area contributed by atoms with Crippen molar-refractivity contribution >= 4 is 29.4 Å². The third kappa shape index (κ3) is 2.70. The maximum absolute atomic E-state index is 12.2. The van der Waals surface area contributed by atoms with Gasteiger partial charge in [-0.25, -0.2) is 0 Å². The zero-order chi connectivity index (χ0) is 14.0. The van der Waals surface area contributed by atoms with Crippen LogP contribution in [0.2, 0.25) is 5.22 Å². The van der Waals surface area contributed by atoms with E-state index in [1.165, 1.54) is 17.2 Å². The smallest absolute Gasteiger partial charge is 0.305 e. The number of carbonyl (C=O) groups excluding carboxylic acids is 2. The average Bonchev–Trinajstić information content (AvgIpc) is 2.77. The molecule has 1 aromatic rings.